The van der Waals surface area contributed by atoms with Crippen LogP contribution >= 0.6 is 22.9 Å². The van der Waals surface area contributed by atoms with Gasteiger partial charge in [0.2, 0.25) is 0 Å². The van der Waals surface area contributed by atoms with Gasteiger partial charge in [-0.05, 0) is 31.2 Å². The average molecular weight is 272 g/mol. The lowest BCUT2D eigenvalue weighted by Crippen LogP contribution is -1.99. The zero-order valence-electron chi connectivity index (χ0n) is 8.99. The molecule has 1 aromatic carbocycles. The molecule has 1 heterocycles. The SMILES string of the molecule is NCCCc1nnc(-c2ccc(Cl)cc2F)s1. The summed E-state index contributed by atoms with van der Waals surface area (Å²) < 4.78 is 13.6. The number of benzene rings is 1. The number of aromatic nitrogens is 2. The molecule has 0 bridgehead atoms. The summed E-state index contributed by atoms with van der Waals surface area (Å²) in [5, 5.41) is 9.81. The minimum absolute atomic E-state index is 0.374. The van der Waals surface area contributed by atoms with Crippen molar-refractivity contribution in [1.82, 2.24) is 10.2 Å². The Kier molecular flexibility index (Phi) is 4.04. The van der Waals surface area contributed by atoms with Gasteiger partial charge >= 0.3 is 0 Å². The molecule has 0 aliphatic rings. The molecule has 0 aliphatic heterocycles. The van der Waals surface area contributed by atoms with Gasteiger partial charge in [0.1, 0.15) is 10.8 Å². The lowest BCUT2D eigenvalue weighted by Gasteiger charge is -1.97. The summed E-state index contributed by atoms with van der Waals surface area (Å²) in [6.45, 7) is 0.615. The molecule has 1 aromatic heterocycles. The summed E-state index contributed by atoms with van der Waals surface area (Å²) in [6.07, 6.45) is 1.64. The predicted molar refractivity (Wildman–Crippen MR) is 67.7 cm³/mol. The summed E-state index contributed by atoms with van der Waals surface area (Å²) in [6, 6.07) is 4.53. The van der Waals surface area contributed by atoms with Gasteiger partial charge in [0.15, 0.2) is 5.01 Å². The molecule has 0 saturated carbocycles. The first kappa shape index (κ1) is 12.4. The Morgan fingerprint density at radius 1 is 1.35 bits per heavy atom. The van der Waals surface area contributed by atoms with Crippen molar-refractivity contribution in [2.45, 2.75) is 12.8 Å². The van der Waals surface area contributed by atoms with E-state index in [9.17, 15) is 4.39 Å². The molecule has 6 heteroatoms. The summed E-state index contributed by atoms with van der Waals surface area (Å²) in [5.74, 6) is -0.376. The maximum absolute atomic E-state index is 13.6. The average Bonchev–Trinajstić information content (AvgIpc) is 2.75. The van der Waals surface area contributed by atoms with Crippen molar-refractivity contribution in [3.63, 3.8) is 0 Å². The Balaban J connectivity index is 2.24. The van der Waals surface area contributed by atoms with Crippen LogP contribution < -0.4 is 5.73 Å². The Hall–Kier alpha value is -1.04. The molecule has 2 rings (SSSR count). The first-order valence-electron chi connectivity index (χ1n) is 5.18. The van der Waals surface area contributed by atoms with Crippen LogP contribution in [-0.2, 0) is 6.42 Å². The molecule has 0 radical (unpaired) electrons. The molecular formula is C11H11ClFN3S. The van der Waals surface area contributed by atoms with E-state index in [0.717, 1.165) is 17.8 Å². The van der Waals surface area contributed by atoms with Crippen LogP contribution in [0.4, 0.5) is 4.39 Å². The van der Waals surface area contributed by atoms with Crippen LogP contribution in [0.3, 0.4) is 0 Å². The second kappa shape index (κ2) is 5.53. The van der Waals surface area contributed by atoms with Gasteiger partial charge in [0, 0.05) is 17.0 Å². The van der Waals surface area contributed by atoms with Gasteiger partial charge in [0.25, 0.3) is 0 Å². The van der Waals surface area contributed by atoms with E-state index >= 15 is 0 Å². The van der Waals surface area contributed by atoms with Crippen molar-refractivity contribution in [2.75, 3.05) is 6.54 Å². The van der Waals surface area contributed by atoms with E-state index in [4.69, 9.17) is 17.3 Å². The van der Waals surface area contributed by atoms with E-state index in [1.165, 1.54) is 17.4 Å². The fourth-order valence-corrected chi connectivity index (χ4v) is 2.45. The van der Waals surface area contributed by atoms with Gasteiger partial charge in [-0.3, -0.25) is 0 Å². The third-order valence-corrected chi connectivity index (χ3v) is 3.47. The van der Waals surface area contributed by atoms with Crippen LogP contribution in [0.5, 0.6) is 0 Å². The molecule has 0 atom stereocenters. The van der Waals surface area contributed by atoms with E-state index in [0.29, 0.717) is 22.1 Å². The second-order valence-electron chi connectivity index (χ2n) is 3.52. The molecule has 2 aromatic rings. The molecule has 0 amide bonds. The summed E-state index contributed by atoms with van der Waals surface area (Å²) in [5.41, 5.74) is 5.85. The van der Waals surface area contributed by atoms with Crippen molar-refractivity contribution >= 4 is 22.9 Å². The van der Waals surface area contributed by atoms with E-state index in [1.54, 1.807) is 12.1 Å². The van der Waals surface area contributed by atoms with Crippen LogP contribution in [0.15, 0.2) is 18.2 Å². The smallest absolute Gasteiger partial charge is 0.150 e. The fraction of sp³-hybridized carbons (Fsp3) is 0.273. The largest absolute Gasteiger partial charge is 0.330 e. The number of nitrogens with zero attached hydrogens (tertiary/aromatic N) is 2. The topological polar surface area (TPSA) is 51.8 Å². The van der Waals surface area contributed by atoms with Gasteiger partial charge in [-0.15, -0.1) is 10.2 Å². The Morgan fingerprint density at radius 2 is 2.18 bits per heavy atom. The number of aryl methyl sites for hydroxylation is 1. The number of halogens is 2. The van der Waals surface area contributed by atoms with Crippen LogP contribution in [-0.4, -0.2) is 16.7 Å². The van der Waals surface area contributed by atoms with Crippen LogP contribution in [0, 0.1) is 5.82 Å². The standard InChI is InChI=1S/C11H11ClFN3S/c12-7-3-4-8(9(13)6-7)11-16-15-10(17-11)2-1-5-14/h3-4,6H,1-2,5,14H2. The number of nitrogens with two attached hydrogens (primary N) is 1. The second-order valence-corrected chi connectivity index (χ2v) is 5.02. The Labute approximate surface area is 107 Å². The van der Waals surface area contributed by atoms with Crippen LogP contribution in [0.1, 0.15) is 11.4 Å². The monoisotopic (exact) mass is 271 g/mol. The fourth-order valence-electron chi connectivity index (χ4n) is 1.38. The van der Waals surface area contributed by atoms with Crippen molar-refractivity contribution < 1.29 is 4.39 Å². The van der Waals surface area contributed by atoms with E-state index in [-0.39, 0.29) is 5.82 Å². The highest BCUT2D eigenvalue weighted by molar-refractivity contribution is 7.14. The van der Waals surface area contributed by atoms with E-state index in [1.807, 2.05) is 0 Å². The van der Waals surface area contributed by atoms with Crippen molar-refractivity contribution in [2.24, 2.45) is 5.73 Å². The van der Waals surface area contributed by atoms with E-state index in [2.05, 4.69) is 10.2 Å². The first-order chi connectivity index (χ1) is 8.20. The van der Waals surface area contributed by atoms with Crippen LogP contribution in [0.2, 0.25) is 5.02 Å². The third-order valence-electron chi connectivity index (χ3n) is 2.22. The van der Waals surface area contributed by atoms with Gasteiger partial charge < -0.3 is 5.73 Å². The molecule has 0 unspecified atom stereocenters. The van der Waals surface area contributed by atoms with Gasteiger partial charge in [-0.25, -0.2) is 4.39 Å². The summed E-state index contributed by atoms with van der Waals surface area (Å²) >= 11 is 7.08. The lowest BCUT2D eigenvalue weighted by atomic mass is 10.2. The highest BCUT2D eigenvalue weighted by Crippen LogP contribution is 2.28. The van der Waals surface area contributed by atoms with Gasteiger partial charge in [-0.1, -0.05) is 22.9 Å². The minimum Gasteiger partial charge on any atom is -0.330 e. The number of rotatable bonds is 4. The Bertz CT molecular complexity index is 515. The molecule has 90 valence electrons. The molecule has 0 spiro atoms. The minimum atomic E-state index is -0.376. The highest BCUT2D eigenvalue weighted by Gasteiger charge is 2.11. The normalized spacial score (nSPS) is 10.8. The first-order valence-corrected chi connectivity index (χ1v) is 6.38. The Morgan fingerprint density at radius 3 is 2.88 bits per heavy atom. The maximum Gasteiger partial charge on any atom is 0.150 e. The van der Waals surface area contributed by atoms with E-state index < -0.39 is 0 Å². The quantitative estimate of drug-likeness (QED) is 0.930. The molecule has 3 nitrogen and oxygen atoms in total. The molecule has 0 aliphatic carbocycles. The lowest BCUT2D eigenvalue weighted by molar-refractivity contribution is 0.631. The summed E-state index contributed by atoms with van der Waals surface area (Å²) in [4.78, 5) is 0. The number of hydrogen-bond donors (Lipinski definition) is 1. The van der Waals surface area contributed by atoms with Crippen molar-refractivity contribution in [3.8, 4) is 10.6 Å². The molecule has 17 heavy (non-hydrogen) atoms. The third kappa shape index (κ3) is 3.00. The zero-order valence-corrected chi connectivity index (χ0v) is 10.6. The summed E-state index contributed by atoms with van der Waals surface area (Å²) in [7, 11) is 0. The van der Waals surface area contributed by atoms with Gasteiger partial charge in [-0.2, -0.15) is 0 Å². The molecule has 2 N–H and O–H groups in total. The molecular weight excluding hydrogens is 261 g/mol. The maximum atomic E-state index is 13.6. The van der Waals surface area contributed by atoms with Gasteiger partial charge in [0.05, 0.1) is 0 Å². The zero-order chi connectivity index (χ0) is 12.3. The number of hydrogen-bond acceptors (Lipinski definition) is 4. The highest BCUT2D eigenvalue weighted by atomic mass is 35.5. The van der Waals surface area contributed by atoms with Crippen molar-refractivity contribution in [1.29, 1.82) is 0 Å². The van der Waals surface area contributed by atoms with Crippen molar-refractivity contribution in [3.05, 3.63) is 34.0 Å². The molecule has 0 fully saturated rings. The van der Waals surface area contributed by atoms with Crippen LogP contribution in [0.25, 0.3) is 10.6 Å². The predicted octanol–water partition coefficient (Wildman–Crippen LogP) is 2.89. The molecule has 0 saturated heterocycles.